The van der Waals surface area contributed by atoms with E-state index in [4.69, 9.17) is 5.21 Å². The number of aryl methyl sites for hydroxylation is 2. The van der Waals surface area contributed by atoms with Crippen molar-refractivity contribution in [2.24, 2.45) is 0 Å². The van der Waals surface area contributed by atoms with Crippen molar-refractivity contribution in [2.75, 3.05) is 0 Å². The molecule has 7 heteroatoms. The second-order valence-corrected chi connectivity index (χ2v) is 7.67. The summed E-state index contributed by atoms with van der Waals surface area (Å²) in [7, 11) is 0. The number of aromatic nitrogens is 2. The summed E-state index contributed by atoms with van der Waals surface area (Å²) in [6.45, 7) is 2.28. The van der Waals surface area contributed by atoms with Gasteiger partial charge in [0.2, 0.25) is 0 Å². The molecule has 7 nitrogen and oxygen atoms in total. The molecule has 0 unspecified atom stereocenters. The molecule has 0 saturated carbocycles. The summed E-state index contributed by atoms with van der Waals surface area (Å²) in [5.74, 6) is -0.592. The predicted molar refractivity (Wildman–Crippen MR) is 122 cm³/mol. The molecule has 0 bridgehead atoms. The summed E-state index contributed by atoms with van der Waals surface area (Å²) in [5.41, 5.74) is 4.39. The number of rotatable bonds is 6. The van der Waals surface area contributed by atoms with Gasteiger partial charge in [0.05, 0.1) is 17.4 Å². The van der Waals surface area contributed by atoms with Crippen LogP contribution in [0.5, 0.6) is 0 Å². The number of hydrogen-bond acceptors (Lipinski definition) is 4. The molecule has 1 amide bonds. The molecule has 0 fully saturated rings. The summed E-state index contributed by atoms with van der Waals surface area (Å²) in [5, 5.41) is 9.36. The lowest BCUT2D eigenvalue weighted by atomic mass is 10.0. The number of nitrogens with one attached hydrogen (secondary N) is 1. The molecular weight excluding hydrogens is 406 g/mol. The van der Waals surface area contributed by atoms with Gasteiger partial charge in [-0.2, -0.15) is 0 Å². The van der Waals surface area contributed by atoms with E-state index in [-0.39, 0.29) is 24.3 Å². The maximum Gasteiger partial charge on any atom is 0.331 e. The highest BCUT2D eigenvalue weighted by Gasteiger charge is 2.14. The lowest BCUT2D eigenvalue weighted by molar-refractivity contribution is 0.0705. The van der Waals surface area contributed by atoms with Crippen molar-refractivity contribution in [3.63, 3.8) is 0 Å². The number of fused-ring (bicyclic) bond motifs is 1. The van der Waals surface area contributed by atoms with Crippen molar-refractivity contribution in [3.05, 3.63) is 116 Å². The van der Waals surface area contributed by atoms with E-state index in [1.165, 1.54) is 4.57 Å². The largest absolute Gasteiger partial charge is 0.331 e. The molecule has 4 aromatic rings. The number of nitrogens with zero attached hydrogens (tertiary/aromatic N) is 2. The van der Waals surface area contributed by atoms with Gasteiger partial charge in [0.15, 0.2) is 0 Å². The Morgan fingerprint density at radius 3 is 2.34 bits per heavy atom. The second-order valence-electron chi connectivity index (χ2n) is 7.67. The number of hydrogen-bond donors (Lipinski definition) is 2. The second kappa shape index (κ2) is 9.03. The molecule has 32 heavy (non-hydrogen) atoms. The molecule has 162 valence electrons. The first kappa shape index (κ1) is 21.3. The highest BCUT2D eigenvalue weighted by Crippen LogP contribution is 2.15. The lowest BCUT2D eigenvalue weighted by Gasteiger charge is -2.15. The fourth-order valence-electron chi connectivity index (χ4n) is 3.93. The molecule has 0 atom stereocenters. The molecule has 0 spiro atoms. The zero-order chi connectivity index (χ0) is 22.7. The van der Waals surface area contributed by atoms with Gasteiger partial charge >= 0.3 is 5.69 Å². The van der Waals surface area contributed by atoms with Crippen LogP contribution in [0.1, 0.15) is 27.0 Å². The Hall–Kier alpha value is -3.97. The van der Waals surface area contributed by atoms with E-state index in [9.17, 15) is 14.4 Å². The predicted octanol–water partition coefficient (Wildman–Crippen LogP) is 2.88. The quantitative estimate of drug-likeness (QED) is 0.364. The molecule has 1 aromatic heterocycles. The third-order valence-electron chi connectivity index (χ3n) is 5.58. The zero-order valence-electron chi connectivity index (χ0n) is 17.6. The Labute approximate surface area is 184 Å². The monoisotopic (exact) mass is 429 g/mol. The molecule has 0 aliphatic rings. The zero-order valence-corrected chi connectivity index (χ0v) is 17.6. The first-order valence-electron chi connectivity index (χ1n) is 10.3. The van der Waals surface area contributed by atoms with E-state index in [1.807, 2.05) is 30.3 Å². The number of benzene rings is 3. The van der Waals surface area contributed by atoms with Crippen LogP contribution in [0.25, 0.3) is 10.9 Å². The molecule has 0 aliphatic carbocycles. The van der Waals surface area contributed by atoms with Crippen molar-refractivity contribution in [1.82, 2.24) is 14.6 Å². The summed E-state index contributed by atoms with van der Waals surface area (Å²) >= 11 is 0. The van der Waals surface area contributed by atoms with Crippen LogP contribution in [0, 0.1) is 6.92 Å². The molecule has 4 rings (SSSR count). The molecule has 3 aromatic carbocycles. The van der Waals surface area contributed by atoms with Gasteiger partial charge < -0.3 is 0 Å². The first-order valence-corrected chi connectivity index (χ1v) is 10.3. The van der Waals surface area contributed by atoms with Crippen LogP contribution in [0.15, 0.2) is 82.4 Å². The van der Waals surface area contributed by atoms with E-state index in [0.29, 0.717) is 28.5 Å². The van der Waals surface area contributed by atoms with Crippen LogP contribution in [-0.4, -0.2) is 20.2 Å². The van der Waals surface area contributed by atoms with E-state index < -0.39 is 5.91 Å². The topological polar surface area (TPSA) is 93.3 Å². The number of amides is 1. The molecule has 0 aliphatic heterocycles. The number of carbonyl (C=O) groups is 1. The van der Waals surface area contributed by atoms with Gasteiger partial charge in [-0.15, -0.1) is 0 Å². The van der Waals surface area contributed by atoms with Crippen molar-refractivity contribution in [3.8, 4) is 0 Å². The lowest BCUT2D eigenvalue weighted by Crippen LogP contribution is -2.40. The van der Waals surface area contributed by atoms with Gasteiger partial charge in [0.25, 0.3) is 11.5 Å². The molecule has 0 saturated heterocycles. The highest BCUT2D eigenvalue weighted by atomic mass is 16.5. The van der Waals surface area contributed by atoms with Crippen molar-refractivity contribution in [2.45, 2.75) is 26.4 Å². The van der Waals surface area contributed by atoms with Gasteiger partial charge in [-0.25, -0.2) is 10.3 Å². The third-order valence-corrected chi connectivity index (χ3v) is 5.58. The molecule has 0 radical (unpaired) electrons. The number of carbonyl (C=O) groups excluding carboxylic acids is 1. The van der Waals surface area contributed by atoms with Crippen LogP contribution in [0.4, 0.5) is 0 Å². The van der Waals surface area contributed by atoms with E-state index >= 15 is 0 Å². The molecule has 2 N–H and O–H groups in total. The number of para-hydroxylation sites is 1. The minimum Gasteiger partial charge on any atom is -0.289 e. The maximum atomic E-state index is 13.4. The average molecular weight is 429 g/mol. The van der Waals surface area contributed by atoms with E-state index in [1.54, 1.807) is 59.4 Å². The van der Waals surface area contributed by atoms with Gasteiger partial charge in [-0.1, -0.05) is 54.6 Å². The fourth-order valence-corrected chi connectivity index (χ4v) is 3.93. The smallest absolute Gasteiger partial charge is 0.289 e. The van der Waals surface area contributed by atoms with Crippen molar-refractivity contribution < 1.29 is 10.0 Å². The maximum absolute atomic E-state index is 13.4. The summed E-state index contributed by atoms with van der Waals surface area (Å²) in [6.07, 6.45) is 0.568. The number of hydroxylamine groups is 1. The summed E-state index contributed by atoms with van der Waals surface area (Å²) < 4.78 is 2.87. The van der Waals surface area contributed by atoms with Gasteiger partial charge in [-0.05, 0) is 48.2 Å². The van der Waals surface area contributed by atoms with E-state index in [2.05, 4.69) is 0 Å². The Balaban J connectivity index is 1.77. The minimum atomic E-state index is -0.592. The fraction of sp³-hybridized carbons (Fsp3) is 0.160. The Morgan fingerprint density at radius 2 is 1.62 bits per heavy atom. The Morgan fingerprint density at radius 1 is 0.906 bits per heavy atom. The van der Waals surface area contributed by atoms with Crippen LogP contribution in [-0.2, 0) is 19.5 Å². The highest BCUT2D eigenvalue weighted by molar-refractivity contribution is 5.94. The van der Waals surface area contributed by atoms with E-state index in [0.717, 1.165) is 11.1 Å². The summed E-state index contributed by atoms with van der Waals surface area (Å²) in [4.78, 5) is 38.2. The van der Waals surface area contributed by atoms with Crippen molar-refractivity contribution >= 4 is 16.8 Å². The first-order chi connectivity index (χ1) is 15.5. The molecule has 1 heterocycles. The van der Waals surface area contributed by atoms with Gasteiger partial charge in [0, 0.05) is 12.1 Å². The summed E-state index contributed by atoms with van der Waals surface area (Å²) in [6, 6.07) is 21.9. The van der Waals surface area contributed by atoms with Crippen molar-refractivity contribution in [1.29, 1.82) is 0 Å². The van der Waals surface area contributed by atoms with Crippen LogP contribution in [0.2, 0.25) is 0 Å². The average Bonchev–Trinajstić information content (AvgIpc) is 2.82. The minimum absolute atomic E-state index is 0.243. The van der Waals surface area contributed by atoms with Crippen LogP contribution in [0.3, 0.4) is 0 Å². The Bertz CT molecular complexity index is 1400. The van der Waals surface area contributed by atoms with Crippen LogP contribution >= 0.6 is 0 Å². The molecular formula is C25H23N3O4. The third kappa shape index (κ3) is 4.10. The standard InChI is InChI=1S/C25H23N3O4/c1-17-15-19(11-12-20(17)23(29)26-32)16-28-22-10-6-5-9-21(22)24(30)27(25(28)31)14-13-18-7-3-2-4-8-18/h2-12,15,32H,13-14,16H2,1H3,(H,26,29). The van der Waals surface area contributed by atoms with Gasteiger partial charge in [-0.3, -0.25) is 23.9 Å². The normalized spacial score (nSPS) is 10.9. The van der Waals surface area contributed by atoms with Gasteiger partial charge in [0.1, 0.15) is 0 Å². The Kier molecular flexibility index (Phi) is 6.00. The SMILES string of the molecule is Cc1cc(Cn2c(=O)n(CCc3ccccc3)c(=O)c3ccccc32)ccc1C(=O)NO. The van der Waals surface area contributed by atoms with Crippen LogP contribution < -0.4 is 16.7 Å².